The van der Waals surface area contributed by atoms with Gasteiger partial charge in [-0.25, -0.2) is 4.98 Å². The molecule has 1 aromatic carbocycles. The topological polar surface area (TPSA) is 43.2 Å². The number of benzene rings is 1. The van der Waals surface area contributed by atoms with Gasteiger partial charge in [-0.3, -0.25) is 4.90 Å². The van der Waals surface area contributed by atoms with Crippen LogP contribution in [-0.2, 0) is 0 Å². The van der Waals surface area contributed by atoms with Crippen LogP contribution in [0.4, 0.5) is 5.13 Å². The smallest absolute Gasteiger partial charge is 0.186 e. The average molecular weight is 286 g/mol. The van der Waals surface area contributed by atoms with Crippen molar-refractivity contribution in [3.63, 3.8) is 0 Å². The van der Waals surface area contributed by atoms with Crippen LogP contribution in [0.25, 0.3) is 10.2 Å². The predicted molar refractivity (Wildman–Crippen MR) is 83.1 cm³/mol. The third kappa shape index (κ3) is 2.37. The molecule has 5 heteroatoms. The Labute approximate surface area is 123 Å². The van der Waals surface area contributed by atoms with Crippen molar-refractivity contribution < 1.29 is 0 Å². The highest BCUT2D eigenvalue weighted by molar-refractivity contribution is 7.22. The Morgan fingerprint density at radius 3 is 2.55 bits per heavy atom. The summed E-state index contributed by atoms with van der Waals surface area (Å²) >= 11 is 1.75. The molecule has 1 aliphatic rings. The van der Waals surface area contributed by atoms with Gasteiger partial charge in [-0.2, -0.15) is 5.26 Å². The third-order valence-electron chi connectivity index (χ3n) is 3.90. The Hall–Kier alpha value is -1.64. The average Bonchev–Trinajstić information content (AvgIpc) is 2.91. The number of nitriles is 1. The summed E-state index contributed by atoms with van der Waals surface area (Å²) in [7, 11) is 0. The van der Waals surface area contributed by atoms with E-state index < -0.39 is 0 Å². The van der Waals surface area contributed by atoms with E-state index >= 15 is 0 Å². The van der Waals surface area contributed by atoms with Gasteiger partial charge in [0.2, 0.25) is 0 Å². The monoisotopic (exact) mass is 286 g/mol. The first-order valence-electron chi connectivity index (χ1n) is 6.87. The van der Waals surface area contributed by atoms with Crippen LogP contribution in [0.1, 0.15) is 13.8 Å². The van der Waals surface area contributed by atoms with Crippen LogP contribution < -0.4 is 4.90 Å². The van der Waals surface area contributed by atoms with Gasteiger partial charge in [0, 0.05) is 26.2 Å². The van der Waals surface area contributed by atoms with Crippen molar-refractivity contribution in [3.8, 4) is 6.07 Å². The first-order valence-corrected chi connectivity index (χ1v) is 7.69. The number of fused-ring (bicyclic) bond motifs is 1. The highest BCUT2D eigenvalue weighted by Crippen LogP contribution is 2.29. The van der Waals surface area contributed by atoms with Crippen LogP contribution in [0.2, 0.25) is 0 Å². The molecular weight excluding hydrogens is 268 g/mol. The fraction of sp³-hybridized carbons (Fsp3) is 0.467. The summed E-state index contributed by atoms with van der Waals surface area (Å²) in [6.07, 6.45) is 0. The maximum Gasteiger partial charge on any atom is 0.186 e. The maximum absolute atomic E-state index is 9.21. The van der Waals surface area contributed by atoms with Crippen molar-refractivity contribution in [2.45, 2.75) is 19.4 Å². The number of hydrogen-bond donors (Lipinski definition) is 0. The Kier molecular flexibility index (Phi) is 3.36. The van der Waals surface area contributed by atoms with E-state index in [1.165, 1.54) is 4.70 Å². The van der Waals surface area contributed by atoms with Crippen molar-refractivity contribution in [2.75, 3.05) is 31.1 Å². The molecule has 1 saturated heterocycles. The minimum absolute atomic E-state index is 0.375. The molecule has 0 bridgehead atoms. The summed E-state index contributed by atoms with van der Waals surface area (Å²) in [6.45, 7) is 7.67. The van der Waals surface area contributed by atoms with Crippen molar-refractivity contribution >= 4 is 26.7 Å². The van der Waals surface area contributed by atoms with Crippen molar-refractivity contribution in [3.05, 3.63) is 24.3 Å². The van der Waals surface area contributed by atoms with Crippen LogP contribution in [0.5, 0.6) is 0 Å². The number of anilines is 1. The largest absolute Gasteiger partial charge is 0.345 e. The Balaban J connectivity index is 1.74. The minimum atomic E-state index is -0.375. The summed E-state index contributed by atoms with van der Waals surface area (Å²) in [6, 6.07) is 10.6. The Morgan fingerprint density at radius 1 is 1.20 bits per heavy atom. The molecule has 0 aliphatic carbocycles. The highest BCUT2D eigenvalue weighted by Gasteiger charge is 2.30. The predicted octanol–water partition coefficient (Wildman–Crippen LogP) is 2.72. The van der Waals surface area contributed by atoms with Crippen LogP contribution in [0.15, 0.2) is 24.3 Å². The molecule has 104 valence electrons. The first kappa shape index (κ1) is 13.3. The lowest BCUT2D eigenvalue weighted by Crippen LogP contribution is -2.54. The molecule has 0 atom stereocenters. The number of hydrogen-bond acceptors (Lipinski definition) is 5. The number of thiazole rings is 1. The molecule has 1 fully saturated rings. The lowest BCUT2D eigenvalue weighted by molar-refractivity contribution is 0.158. The SMILES string of the molecule is CC(C)(C#N)N1CCN(c2nc3ccccc3s2)CC1. The number of piperazine rings is 1. The van der Waals surface area contributed by atoms with E-state index in [4.69, 9.17) is 4.98 Å². The summed E-state index contributed by atoms with van der Waals surface area (Å²) in [4.78, 5) is 9.28. The first-order chi connectivity index (χ1) is 9.60. The summed E-state index contributed by atoms with van der Waals surface area (Å²) in [5, 5.41) is 10.3. The molecule has 0 N–H and O–H groups in total. The Morgan fingerprint density at radius 2 is 1.90 bits per heavy atom. The second kappa shape index (κ2) is 5.04. The molecule has 20 heavy (non-hydrogen) atoms. The van der Waals surface area contributed by atoms with E-state index in [0.29, 0.717) is 0 Å². The second-order valence-corrected chi connectivity index (χ2v) is 6.62. The van der Waals surface area contributed by atoms with Gasteiger partial charge in [0.05, 0.1) is 16.3 Å². The fourth-order valence-corrected chi connectivity index (χ4v) is 3.54. The zero-order valence-electron chi connectivity index (χ0n) is 11.8. The van der Waals surface area contributed by atoms with Crippen LogP contribution >= 0.6 is 11.3 Å². The quantitative estimate of drug-likeness (QED) is 0.851. The van der Waals surface area contributed by atoms with Gasteiger partial charge in [0.15, 0.2) is 5.13 Å². The summed E-state index contributed by atoms with van der Waals surface area (Å²) < 4.78 is 1.24. The molecule has 0 amide bonds. The molecule has 0 saturated carbocycles. The zero-order chi connectivity index (χ0) is 14.2. The molecule has 0 radical (unpaired) electrons. The van der Waals surface area contributed by atoms with Crippen LogP contribution in [0, 0.1) is 11.3 Å². The lowest BCUT2D eigenvalue weighted by atomic mass is 10.0. The van der Waals surface area contributed by atoms with E-state index in [-0.39, 0.29) is 5.54 Å². The van der Waals surface area contributed by atoms with Gasteiger partial charge < -0.3 is 4.90 Å². The summed E-state index contributed by atoms with van der Waals surface area (Å²) in [5.41, 5.74) is 0.701. The zero-order valence-corrected chi connectivity index (χ0v) is 12.7. The molecule has 2 aromatic rings. The molecule has 1 aliphatic heterocycles. The van der Waals surface area contributed by atoms with E-state index in [2.05, 4.69) is 34.1 Å². The lowest BCUT2D eigenvalue weighted by Gasteiger charge is -2.40. The van der Waals surface area contributed by atoms with Gasteiger partial charge in [0.1, 0.15) is 5.54 Å². The normalized spacial score (nSPS) is 17.4. The van der Waals surface area contributed by atoms with E-state index in [1.807, 2.05) is 19.9 Å². The van der Waals surface area contributed by atoms with Gasteiger partial charge in [-0.15, -0.1) is 0 Å². The van der Waals surface area contributed by atoms with Gasteiger partial charge in [-0.1, -0.05) is 23.5 Å². The molecule has 4 nitrogen and oxygen atoms in total. The second-order valence-electron chi connectivity index (χ2n) is 5.61. The minimum Gasteiger partial charge on any atom is -0.345 e. The van der Waals surface area contributed by atoms with Crippen LogP contribution in [-0.4, -0.2) is 41.6 Å². The van der Waals surface area contributed by atoms with E-state index in [0.717, 1.165) is 36.8 Å². The molecule has 2 heterocycles. The number of para-hydroxylation sites is 1. The van der Waals surface area contributed by atoms with Crippen molar-refractivity contribution in [1.29, 1.82) is 5.26 Å². The maximum atomic E-state index is 9.21. The number of aromatic nitrogens is 1. The van der Waals surface area contributed by atoms with E-state index in [1.54, 1.807) is 11.3 Å². The standard InChI is InChI=1S/C15H18N4S/c1-15(2,11-16)19-9-7-18(8-10-19)14-17-12-5-3-4-6-13(12)20-14/h3-6H,7-10H2,1-2H3. The van der Waals surface area contributed by atoms with Gasteiger partial charge >= 0.3 is 0 Å². The fourth-order valence-electron chi connectivity index (χ4n) is 2.52. The molecular formula is C15H18N4S. The van der Waals surface area contributed by atoms with Gasteiger partial charge in [0.25, 0.3) is 0 Å². The molecule has 0 unspecified atom stereocenters. The van der Waals surface area contributed by atoms with Gasteiger partial charge in [-0.05, 0) is 26.0 Å². The van der Waals surface area contributed by atoms with E-state index in [9.17, 15) is 5.26 Å². The summed E-state index contributed by atoms with van der Waals surface area (Å²) in [5.74, 6) is 0. The van der Waals surface area contributed by atoms with Crippen molar-refractivity contribution in [1.82, 2.24) is 9.88 Å². The van der Waals surface area contributed by atoms with Crippen molar-refractivity contribution in [2.24, 2.45) is 0 Å². The van der Waals surface area contributed by atoms with Crippen LogP contribution in [0.3, 0.4) is 0 Å². The number of nitrogens with zero attached hydrogens (tertiary/aromatic N) is 4. The highest BCUT2D eigenvalue weighted by atomic mass is 32.1. The number of rotatable bonds is 2. The molecule has 3 rings (SSSR count). The molecule has 1 aromatic heterocycles. The third-order valence-corrected chi connectivity index (χ3v) is 4.99. The Bertz CT molecular complexity index is 614. The molecule has 0 spiro atoms.